The van der Waals surface area contributed by atoms with Gasteiger partial charge in [0.25, 0.3) is 0 Å². The molecule has 39 heavy (non-hydrogen) atoms. The van der Waals surface area contributed by atoms with Gasteiger partial charge in [-0.2, -0.15) is 0 Å². The second-order valence-corrected chi connectivity index (χ2v) is 10.8. The number of hydrogen-bond donors (Lipinski definition) is 3. The average molecular weight is 559 g/mol. The van der Waals surface area contributed by atoms with E-state index in [0.29, 0.717) is 27.7 Å². The molecule has 3 heterocycles. The summed E-state index contributed by atoms with van der Waals surface area (Å²) in [4.78, 5) is 19.6. The number of halogens is 1. The number of nitrogens with two attached hydrogens (primary N) is 1. The number of thiophene rings is 1. The average Bonchev–Trinajstić information content (AvgIpc) is 3.40. The second kappa shape index (κ2) is 11.1. The van der Waals surface area contributed by atoms with E-state index in [2.05, 4.69) is 41.2 Å². The molecule has 0 saturated heterocycles. The summed E-state index contributed by atoms with van der Waals surface area (Å²) in [6, 6.07) is 12.2. The van der Waals surface area contributed by atoms with E-state index in [1.807, 2.05) is 35.8 Å². The molecule has 5 rings (SSSR count). The highest BCUT2D eigenvalue weighted by Gasteiger charge is 2.32. The van der Waals surface area contributed by atoms with Crippen LogP contribution in [-0.4, -0.2) is 38.0 Å². The minimum absolute atomic E-state index is 0.0470. The second-order valence-electron chi connectivity index (χ2n) is 9.19. The number of anilines is 1. The van der Waals surface area contributed by atoms with E-state index < -0.39 is 6.04 Å². The summed E-state index contributed by atoms with van der Waals surface area (Å²) in [5, 5.41) is 23.1. The van der Waals surface area contributed by atoms with Gasteiger partial charge in [0.1, 0.15) is 16.9 Å². The molecule has 4 N–H and O–H groups in total. The molecular formula is C29H27ClN6O2S. The zero-order valence-corrected chi connectivity index (χ0v) is 23.3. The fraction of sp³-hybridized carbons (Fsp3) is 0.241. The lowest BCUT2D eigenvalue weighted by atomic mass is 9.99. The highest BCUT2D eigenvalue weighted by Crippen LogP contribution is 2.39. The highest BCUT2D eigenvalue weighted by molar-refractivity contribution is 7.15. The third-order valence-corrected chi connectivity index (χ3v) is 8.06. The van der Waals surface area contributed by atoms with Crippen LogP contribution in [0.4, 0.5) is 5.69 Å². The van der Waals surface area contributed by atoms with E-state index in [1.165, 1.54) is 4.88 Å². The van der Waals surface area contributed by atoms with Gasteiger partial charge < -0.3 is 16.2 Å². The maximum absolute atomic E-state index is 13.3. The molecule has 2 aromatic carbocycles. The number of carbonyl (C=O) groups excluding carboxylic acids is 1. The molecule has 0 bridgehead atoms. The van der Waals surface area contributed by atoms with Gasteiger partial charge in [0, 0.05) is 32.3 Å². The molecule has 198 valence electrons. The van der Waals surface area contributed by atoms with Crippen molar-refractivity contribution < 1.29 is 9.90 Å². The SMILES string of the molecule is Cc1sc2c(c1C)C(c1ccc(Cl)cc1)=N[C@@H](CC(=O)Nc1ccc(C#CCN)c(CO)c1)c1nnc(C)n1-2. The molecule has 4 aromatic rings. The van der Waals surface area contributed by atoms with Crippen molar-refractivity contribution in [2.24, 2.45) is 10.7 Å². The number of rotatable bonds is 5. The largest absolute Gasteiger partial charge is 0.392 e. The van der Waals surface area contributed by atoms with Crippen LogP contribution in [0.15, 0.2) is 47.5 Å². The molecule has 1 amide bonds. The van der Waals surface area contributed by atoms with Crippen molar-refractivity contribution >= 4 is 40.2 Å². The summed E-state index contributed by atoms with van der Waals surface area (Å²) < 4.78 is 2.01. The molecule has 0 saturated carbocycles. The molecule has 1 atom stereocenters. The van der Waals surface area contributed by atoms with Gasteiger partial charge in [0.2, 0.25) is 5.91 Å². The Hall–Kier alpha value is -3.81. The van der Waals surface area contributed by atoms with Gasteiger partial charge in [-0.25, -0.2) is 0 Å². The van der Waals surface area contributed by atoms with Crippen LogP contribution >= 0.6 is 22.9 Å². The van der Waals surface area contributed by atoms with E-state index in [0.717, 1.165) is 33.2 Å². The number of aromatic nitrogens is 3. The zero-order valence-electron chi connectivity index (χ0n) is 21.7. The monoisotopic (exact) mass is 558 g/mol. The van der Waals surface area contributed by atoms with Gasteiger partial charge in [-0.1, -0.05) is 35.6 Å². The summed E-state index contributed by atoms with van der Waals surface area (Å²) in [7, 11) is 0. The Morgan fingerprint density at radius 1 is 1.18 bits per heavy atom. The predicted octanol–water partition coefficient (Wildman–Crippen LogP) is 4.63. The predicted molar refractivity (Wildman–Crippen MR) is 155 cm³/mol. The Morgan fingerprint density at radius 2 is 1.95 bits per heavy atom. The van der Waals surface area contributed by atoms with Gasteiger partial charge in [-0.15, -0.1) is 21.5 Å². The van der Waals surface area contributed by atoms with Gasteiger partial charge in [0.15, 0.2) is 5.82 Å². The first-order valence-electron chi connectivity index (χ1n) is 12.4. The third kappa shape index (κ3) is 5.24. The van der Waals surface area contributed by atoms with Crippen LogP contribution in [0.25, 0.3) is 5.00 Å². The minimum atomic E-state index is -0.580. The Bertz CT molecular complexity index is 1660. The van der Waals surface area contributed by atoms with Crippen molar-refractivity contribution in [2.75, 3.05) is 11.9 Å². The molecule has 0 fully saturated rings. The first kappa shape index (κ1) is 26.8. The maximum Gasteiger partial charge on any atom is 0.227 e. The Morgan fingerprint density at radius 3 is 2.67 bits per heavy atom. The Labute approximate surface area is 235 Å². The van der Waals surface area contributed by atoms with Crippen LogP contribution in [0.3, 0.4) is 0 Å². The van der Waals surface area contributed by atoms with Crippen molar-refractivity contribution in [2.45, 2.75) is 39.8 Å². The number of nitrogens with zero attached hydrogens (tertiary/aromatic N) is 4. The third-order valence-electron chi connectivity index (χ3n) is 6.62. The van der Waals surface area contributed by atoms with Gasteiger partial charge >= 0.3 is 0 Å². The van der Waals surface area contributed by atoms with E-state index in [-0.39, 0.29) is 25.5 Å². The molecule has 10 heteroatoms. The van der Waals surface area contributed by atoms with Crippen LogP contribution < -0.4 is 11.1 Å². The van der Waals surface area contributed by atoms with E-state index in [4.69, 9.17) is 22.3 Å². The first-order chi connectivity index (χ1) is 18.8. The number of aryl methyl sites for hydroxylation is 2. The molecule has 8 nitrogen and oxygen atoms in total. The minimum Gasteiger partial charge on any atom is -0.392 e. The molecule has 1 aliphatic rings. The molecule has 2 aromatic heterocycles. The van der Waals surface area contributed by atoms with Crippen molar-refractivity contribution in [3.05, 3.63) is 91.8 Å². The molecular weight excluding hydrogens is 532 g/mol. The number of aliphatic hydroxyl groups is 1. The quantitative estimate of drug-likeness (QED) is 0.309. The fourth-order valence-electron chi connectivity index (χ4n) is 4.59. The number of nitrogens with one attached hydrogen (secondary N) is 1. The molecule has 0 spiro atoms. The smallest absolute Gasteiger partial charge is 0.227 e. The van der Waals surface area contributed by atoms with Crippen LogP contribution in [0.2, 0.25) is 5.02 Å². The van der Waals surface area contributed by atoms with Crippen LogP contribution in [0.1, 0.15) is 56.8 Å². The van der Waals surface area contributed by atoms with Crippen molar-refractivity contribution in [1.29, 1.82) is 0 Å². The summed E-state index contributed by atoms with van der Waals surface area (Å²) >= 11 is 7.84. The number of carbonyl (C=O) groups is 1. The van der Waals surface area contributed by atoms with Crippen LogP contribution in [0.5, 0.6) is 0 Å². The molecule has 0 unspecified atom stereocenters. The maximum atomic E-state index is 13.3. The number of hydrogen-bond acceptors (Lipinski definition) is 7. The van der Waals surface area contributed by atoms with E-state index in [9.17, 15) is 9.90 Å². The van der Waals surface area contributed by atoms with Gasteiger partial charge in [-0.05, 0) is 62.2 Å². The zero-order chi connectivity index (χ0) is 27.7. The standard InChI is InChI=1S/C29H27ClN6O2S/c1-16-17(2)39-29-26(16)27(20-6-9-22(30)10-7-20)33-24(28-35-34-18(3)36(28)29)14-25(38)32-23-11-8-19(5-4-12-31)21(13-23)15-37/h6-11,13,24,37H,12,14-15,31H2,1-3H3,(H,32,38)/t24-/m0/s1. The number of amides is 1. The van der Waals surface area contributed by atoms with Crippen molar-refractivity contribution in [3.63, 3.8) is 0 Å². The lowest BCUT2D eigenvalue weighted by Gasteiger charge is -2.14. The van der Waals surface area contributed by atoms with Gasteiger partial charge in [0.05, 0.1) is 25.3 Å². The first-order valence-corrected chi connectivity index (χ1v) is 13.6. The van der Waals surface area contributed by atoms with E-state index in [1.54, 1.807) is 29.5 Å². The van der Waals surface area contributed by atoms with Crippen molar-refractivity contribution in [1.82, 2.24) is 14.8 Å². The summed E-state index contributed by atoms with van der Waals surface area (Å²) in [5.41, 5.74) is 11.1. The summed E-state index contributed by atoms with van der Waals surface area (Å²) in [5.74, 6) is 6.82. The Kier molecular flexibility index (Phi) is 7.64. The lowest BCUT2D eigenvalue weighted by molar-refractivity contribution is -0.116. The highest BCUT2D eigenvalue weighted by atomic mass is 35.5. The topological polar surface area (TPSA) is 118 Å². The van der Waals surface area contributed by atoms with Gasteiger partial charge in [-0.3, -0.25) is 14.4 Å². The Balaban J connectivity index is 1.53. The lowest BCUT2D eigenvalue weighted by Crippen LogP contribution is -2.17. The molecule has 0 aliphatic carbocycles. The number of fused-ring (bicyclic) bond motifs is 3. The summed E-state index contributed by atoms with van der Waals surface area (Å²) in [6.07, 6.45) is 0.0470. The number of aliphatic hydroxyl groups excluding tert-OH is 1. The van der Waals surface area contributed by atoms with Crippen molar-refractivity contribution in [3.8, 4) is 16.8 Å². The number of benzene rings is 2. The number of aliphatic imine (C=N–C) groups is 1. The fourth-order valence-corrected chi connectivity index (χ4v) is 5.93. The van der Waals surface area contributed by atoms with E-state index >= 15 is 0 Å². The van der Waals surface area contributed by atoms with Crippen LogP contribution in [0, 0.1) is 32.6 Å². The van der Waals surface area contributed by atoms with Crippen LogP contribution in [-0.2, 0) is 11.4 Å². The normalized spacial score (nSPS) is 14.0. The molecule has 0 radical (unpaired) electrons. The molecule has 1 aliphatic heterocycles. The summed E-state index contributed by atoms with van der Waals surface area (Å²) in [6.45, 7) is 6.09.